The average molecular weight is 641 g/mol. The van der Waals surface area contributed by atoms with E-state index < -0.39 is 18.0 Å². The SMILES string of the molecule is CNC(C)C(=O)N[C@H]1CN(C(=O)c2cccc(C#N)c2)c2ccccc2N(Cc2c(OC)ccc3cc(Br)ccc23)C1=O. The summed E-state index contributed by atoms with van der Waals surface area (Å²) in [4.78, 5) is 44.6. The van der Waals surface area contributed by atoms with Gasteiger partial charge in [0, 0.05) is 15.6 Å². The van der Waals surface area contributed by atoms with Crippen LogP contribution in [0.3, 0.4) is 0 Å². The van der Waals surface area contributed by atoms with Gasteiger partial charge >= 0.3 is 0 Å². The molecule has 10 heteroatoms. The number of methoxy groups -OCH3 is 1. The number of fused-ring (bicyclic) bond motifs is 2. The van der Waals surface area contributed by atoms with E-state index in [0.717, 1.165) is 20.8 Å². The van der Waals surface area contributed by atoms with Crippen molar-refractivity contribution in [1.29, 1.82) is 5.26 Å². The molecule has 1 heterocycles. The van der Waals surface area contributed by atoms with E-state index in [2.05, 4.69) is 32.6 Å². The van der Waals surface area contributed by atoms with Crippen LogP contribution in [0, 0.1) is 11.3 Å². The molecule has 2 N–H and O–H groups in total. The minimum Gasteiger partial charge on any atom is -0.496 e. The fourth-order valence-electron chi connectivity index (χ4n) is 5.21. The number of halogens is 1. The van der Waals surface area contributed by atoms with Crippen LogP contribution < -0.4 is 25.2 Å². The topological polar surface area (TPSA) is 115 Å². The number of nitrogens with one attached hydrogen (secondary N) is 2. The number of likely N-dealkylation sites (N-methyl/N-ethyl adjacent to an activating group) is 1. The van der Waals surface area contributed by atoms with Gasteiger partial charge in [0.2, 0.25) is 5.91 Å². The third-order valence-electron chi connectivity index (χ3n) is 7.61. The van der Waals surface area contributed by atoms with Crippen molar-refractivity contribution >= 4 is 55.8 Å². The van der Waals surface area contributed by atoms with Gasteiger partial charge in [-0.2, -0.15) is 5.26 Å². The van der Waals surface area contributed by atoms with Gasteiger partial charge in [-0.25, -0.2) is 0 Å². The van der Waals surface area contributed by atoms with Gasteiger partial charge in [-0.15, -0.1) is 0 Å². The number of hydrogen-bond acceptors (Lipinski definition) is 6. The summed E-state index contributed by atoms with van der Waals surface area (Å²) in [6, 6.07) is 23.7. The van der Waals surface area contributed by atoms with Gasteiger partial charge in [0.1, 0.15) is 11.8 Å². The monoisotopic (exact) mass is 639 g/mol. The molecule has 5 rings (SSSR count). The molecule has 0 saturated heterocycles. The molecule has 4 aromatic rings. The molecule has 0 aromatic heterocycles. The average Bonchev–Trinajstić information content (AvgIpc) is 3.14. The molecule has 4 aromatic carbocycles. The van der Waals surface area contributed by atoms with Crippen molar-refractivity contribution in [2.75, 3.05) is 30.5 Å². The number of hydrogen-bond donors (Lipinski definition) is 2. The van der Waals surface area contributed by atoms with E-state index in [1.54, 1.807) is 68.4 Å². The third-order valence-corrected chi connectivity index (χ3v) is 8.10. The van der Waals surface area contributed by atoms with Crippen LogP contribution in [0.2, 0.25) is 0 Å². The van der Waals surface area contributed by atoms with Crippen molar-refractivity contribution in [3.05, 3.63) is 100 Å². The first-order valence-corrected chi connectivity index (χ1v) is 14.5. The maximum atomic E-state index is 14.4. The van der Waals surface area contributed by atoms with Gasteiger partial charge < -0.3 is 25.2 Å². The number of para-hydroxylation sites is 2. The minimum absolute atomic E-state index is 0.107. The number of nitriles is 1. The number of amides is 3. The predicted molar refractivity (Wildman–Crippen MR) is 169 cm³/mol. The lowest BCUT2D eigenvalue weighted by atomic mass is 10.0. The maximum absolute atomic E-state index is 14.4. The maximum Gasteiger partial charge on any atom is 0.258 e. The van der Waals surface area contributed by atoms with Crippen LogP contribution in [0.4, 0.5) is 11.4 Å². The Labute approximate surface area is 258 Å². The summed E-state index contributed by atoms with van der Waals surface area (Å²) in [6.45, 7) is 1.71. The van der Waals surface area contributed by atoms with Crippen LogP contribution in [0.15, 0.2) is 83.3 Å². The Morgan fingerprint density at radius 1 is 1.07 bits per heavy atom. The number of carbonyl (C=O) groups is 3. The highest BCUT2D eigenvalue weighted by molar-refractivity contribution is 9.10. The molecule has 0 bridgehead atoms. The predicted octanol–water partition coefficient (Wildman–Crippen LogP) is 4.77. The molecular formula is C33H30BrN5O4. The third kappa shape index (κ3) is 5.95. The molecule has 0 spiro atoms. The molecule has 0 radical (unpaired) electrons. The molecule has 0 fully saturated rings. The fraction of sp³-hybridized carbons (Fsp3) is 0.212. The molecule has 1 unspecified atom stereocenters. The van der Waals surface area contributed by atoms with Crippen molar-refractivity contribution < 1.29 is 19.1 Å². The largest absolute Gasteiger partial charge is 0.496 e. The molecule has 0 aliphatic carbocycles. The summed E-state index contributed by atoms with van der Waals surface area (Å²) in [5.74, 6) is -0.540. The quantitative estimate of drug-likeness (QED) is 0.301. The highest BCUT2D eigenvalue weighted by Crippen LogP contribution is 2.38. The second-order valence-electron chi connectivity index (χ2n) is 10.2. The van der Waals surface area contributed by atoms with Crippen molar-refractivity contribution in [2.24, 2.45) is 0 Å². The molecule has 1 aliphatic heterocycles. The van der Waals surface area contributed by atoms with E-state index in [1.165, 1.54) is 11.0 Å². The van der Waals surface area contributed by atoms with E-state index in [0.29, 0.717) is 28.3 Å². The first-order chi connectivity index (χ1) is 20.7. The molecular weight excluding hydrogens is 610 g/mol. The summed E-state index contributed by atoms with van der Waals surface area (Å²) in [7, 11) is 3.24. The van der Waals surface area contributed by atoms with E-state index >= 15 is 0 Å². The molecule has 218 valence electrons. The number of rotatable bonds is 7. The van der Waals surface area contributed by atoms with Crippen molar-refractivity contribution in [3.8, 4) is 11.8 Å². The van der Waals surface area contributed by atoms with Crippen LogP contribution in [-0.2, 0) is 16.1 Å². The second-order valence-corrected chi connectivity index (χ2v) is 11.1. The number of benzene rings is 4. The lowest BCUT2D eigenvalue weighted by Gasteiger charge is -2.27. The first kappa shape index (κ1) is 29.8. The first-order valence-electron chi connectivity index (χ1n) is 13.7. The van der Waals surface area contributed by atoms with Crippen LogP contribution in [0.25, 0.3) is 10.8 Å². The fourth-order valence-corrected chi connectivity index (χ4v) is 5.59. The number of ether oxygens (including phenoxy) is 1. The Balaban J connectivity index is 1.66. The Hall–Kier alpha value is -4.72. The van der Waals surface area contributed by atoms with Crippen molar-refractivity contribution in [1.82, 2.24) is 10.6 Å². The second kappa shape index (κ2) is 12.7. The summed E-state index contributed by atoms with van der Waals surface area (Å²) in [5, 5.41) is 17.1. The summed E-state index contributed by atoms with van der Waals surface area (Å²) in [5.41, 5.74) is 2.43. The number of carbonyl (C=O) groups excluding carboxylic acids is 3. The summed E-state index contributed by atoms with van der Waals surface area (Å²) >= 11 is 3.53. The standard InChI is InChI=1S/C33H30BrN5O4/c1-20(36-2)31(40)37-27-19-39(32(41)23-8-6-7-21(15-23)17-35)29-10-5-4-9-28(29)38(33(27)42)18-26-25-13-12-24(34)16-22(25)11-14-30(26)43-3/h4-16,20,27,36H,18-19H2,1-3H3,(H,37,40)/t20?,27-/m0/s1. The van der Waals surface area contributed by atoms with Crippen molar-refractivity contribution in [2.45, 2.75) is 25.6 Å². The lowest BCUT2D eigenvalue weighted by Crippen LogP contribution is -2.55. The smallest absolute Gasteiger partial charge is 0.258 e. The van der Waals surface area contributed by atoms with Crippen molar-refractivity contribution in [3.63, 3.8) is 0 Å². The Bertz CT molecular complexity index is 1770. The zero-order valence-electron chi connectivity index (χ0n) is 23.9. The normalized spacial score (nSPS) is 15.3. The zero-order valence-corrected chi connectivity index (χ0v) is 25.5. The molecule has 9 nitrogen and oxygen atoms in total. The Kier molecular flexibility index (Phi) is 8.76. The Morgan fingerprint density at radius 2 is 1.84 bits per heavy atom. The molecule has 1 aliphatic rings. The van der Waals surface area contributed by atoms with Gasteiger partial charge in [-0.05, 0) is 73.3 Å². The van der Waals surface area contributed by atoms with Gasteiger partial charge in [0.25, 0.3) is 11.8 Å². The van der Waals surface area contributed by atoms with Gasteiger partial charge in [0.05, 0.1) is 49.2 Å². The van der Waals surface area contributed by atoms with Gasteiger partial charge in [-0.1, -0.05) is 46.3 Å². The molecule has 43 heavy (non-hydrogen) atoms. The minimum atomic E-state index is -1.06. The van der Waals surface area contributed by atoms with Crippen LogP contribution in [0.1, 0.15) is 28.4 Å². The Morgan fingerprint density at radius 3 is 2.56 bits per heavy atom. The number of anilines is 2. The number of nitrogens with zero attached hydrogens (tertiary/aromatic N) is 3. The highest BCUT2D eigenvalue weighted by atomic mass is 79.9. The summed E-state index contributed by atoms with van der Waals surface area (Å²) < 4.78 is 6.66. The van der Waals surface area contributed by atoms with E-state index in [9.17, 15) is 19.6 Å². The molecule has 0 saturated carbocycles. The zero-order chi connectivity index (χ0) is 30.7. The highest BCUT2D eigenvalue weighted by Gasteiger charge is 2.38. The van der Waals surface area contributed by atoms with Crippen LogP contribution >= 0.6 is 15.9 Å². The van der Waals surface area contributed by atoms with E-state index in [-0.39, 0.29) is 24.9 Å². The lowest BCUT2D eigenvalue weighted by molar-refractivity contribution is -0.128. The van der Waals surface area contributed by atoms with Crippen LogP contribution in [-0.4, -0.2) is 50.5 Å². The molecule has 2 atom stereocenters. The van der Waals surface area contributed by atoms with Gasteiger partial charge in [0.15, 0.2) is 0 Å². The molecule has 3 amide bonds. The van der Waals surface area contributed by atoms with E-state index in [4.69, 9.17) is 4.74 Å². The van der Waals surface area contributed by atoms with Gasteiger partial charge in [-0.3, -0.25) is 14.4 Å². The van der Waals surface area contributed by atoms with E-state index in [1.807, 2.05) is 30.3 Å². The summed E-state index contributed by atoms with van der Waals surface area (Å²) in [6.07, 6.45) is 0. The van der Waals surface area contributed by atoms with Crippen LogP contribution in [0.5, 0.6) is 5.75 Å².